The highest BCUT2D eigenvalue weighted by Gasteiger charge is 2.21. The van der Waals surface area contributed by atoms with Gasteiger partial charge in [0.2, 0.25) is 0 Å². The van der Waals surface area contributed by atoms with Crippen molar-refractivity contribution in [2.75, 3.05) is 13.2 Å². The zero-order valence-corrected chi connectivity index (χ0v) is 8.50. The van der Waals surface area contributed by atoms with Crippen molar-refractivity contribution in [3.05, 3.63) is 0 Å². The van der Waals surface area contributed by atoms with Crippen LogP contribution in [0.5, 0.6) is 0 Å². The Kier molecular flexibility index (Phi) is 3.62. The first-order chi connectivity index (χ1) is 6.45. The van der Waals surface area contributed by atoms with Crippen LogP contribution in [0.15, 0.2) is 0 Å². The maximum absolute atomic E-state index is 5.61. The average molecular weight is 184 g/mol. The second-order valence-electron chi connectivity index (χ2n) is 4.50. The molecular formula is C11H22NO+. The molecule has 0 aromatic rings. The van der Waals surface area contributed by atoms with E-state index in [1.807, 2.05) is 0 Å². The molecule has 2 rings (SSSR count). The fourth-order valence-electron chi connectivity index (χ4n) is 2.54. The Morgan fingerprint density at radius 2 is 1.85 bits per heavy atom. The highest BCUT2D eigenvalue weighted by molar-refractivity contribution is 4.65. The van der Waals surface area contributed by atoms with Crippen LogP contribution < -0.4 is 5.32 Å². The predicted molar refractivity (Wildman–Crippen MR) is 52.6 cm³/mol. The molecule has 0 aromatic heterocycles. The van der Waals surface area contributed by atoms with Gasteiger partial charge in [-0.15, -0.1) is 0 Å². The van der Waals surface area contributed by atoms with E-state index in [2.05, 4.69) is 5.32 Å². The van der Waals surface area contributed by atoms with Crippen LogP contribution in [0, 0.1) is 0 Å². The largest absolute Gasteiger partial charge is 0.372 e. The van der Waals surface area contributed by atoms with E-state index < -0.39 is 0 Å². The maximum Gasteiger partial charge on any atom is 0.106 e. The third-order valence-electron chi connectivity index (χ3n) is 3.41. The van der Waals surface area contributed by atoms with Crippen molar-refractivity contribution in [1.82, 2.24) is 0 Å². The molecule has 1 atom stereocenters. The summed E-state index contributed by atoms with van der Waals surface area (Å²) in [5.41, 5.74) is 0. The highest BCUT2D eigenvalue weighted by Crippen LogP contribution is 2.15. The molecule has 1 aliphatic carbocycles. The Hall–Kier alpha value is -0.0800. The molecule has 2 fully saturated rings. The van der Waals surface area contributed by atoms with Crippen LogP contribution in [0.25, 0.3) is 0 Å². The molecule has 1 aliphatic heterocycles. The van der Waals surface area contributed by atoms with Crippen LogP contribution in [-0.2, 0) is 4.74 Å². The predicted octanol–water partition coefficient (Wildman–Crippen LogP) is 1.06. The molecule has 2 N–H and O–H groups in total. The summed E-state index contributed by atoms with van der Waals surface area (Å²) in [5.74, 6) is 0. The van der Waals surface area contributed by atoms with Gasteiger partial charge < -0.3 is 10.1 Å². The van der Waals surface area contributed by atoms with Gasteiger partial charge in [-0.25, -0.2) is 0 Å². The number of hydrogen-bond acceptors (Lipinski definition) is 1. The number of nitrogens with two attached hydrogens (primary N) is 1. The number of rotatable bonds is 3. The lowest BCUT2D eigenvalue weighted by Crippen LogP contribution is -2.91. The lowest BCUT2D eigenvalue weighted by molar-refractivity contribution is -0.696. The highest BCUT2D eigenvalue weighted by atomic mass is 16.5. The molecule has 1 saturated carbocycles. The SMILES string of the molecule is C1CCC([NH2+]C[C@H]2CCCO2)CC1. The topological polar surface area (TPSA) is 25.8 Å². The summed E-state index contributed by atoms with van der Waals surface area (Å²) in [7, 11) is 0. The second kappa shape index (κ2) is 4.97. The van der Waals surface area contributed by atoms with E-state index in [0.717, 1.165) is 12.6 Å². The third kappa shape index (κ3) is 2.96. The minimum Gasteiger partial charge on any atom is -0.372 e. The number of quaternary nitrogens is 1. The Labute approximate surface area is 81.0 Å². The molecule has 1 heterocycles. The summed E-state index contributed by atoms with van der Waals surface area (Å²) >= 11 is 0. The summed E-state index contributed by atoms with van der Waals surface area (Å²) in [6.07, 6.45) is 10.4. The van der Waals surface area contributed by atoms with Crippen molar-refractivity contribution in [2.24, 2.45) is 0 Å². The lowest BCUT2D eigenvalue weighted by Gasteiger charge is -2.21. The molecule has 0 bridgehead atoms. The van der Waals surface area contributed by atoms with Gasteiger partial charge in [-0.2, -0.15) is 0 Å². The van der Waals surface area contributed by atoms with Crippen LogP contribution in [0.3, 0.4) is 0 Å². The Bertz CT molecular complexity index is 137. The minimum atomic E-state index is 0.571. The van der Waals surface area contributed by atoms with E-state index in [1.165, 1.54) is 51.5 Å². The Morgan fingerprint density at radius 3 is 2.54 bits per heavy atom. The molecular weight excluding hydrogens is 162 g/mol. The second-order valence-corrected chi connectivity index (χ2v) is 4.50. The molecule has 13 heavy (non-hydrogen) atoms. The van der Waals surface area contributed by atoms with Crippen molar-refractivity contribution in [3.63, 3.8) is 0 Å². The van der Waals surface area contributed by atoms with E-state index >= 15 is 0 Å². The molecule has 2 aliphatic rings. The van der Waals surface area contributed by atoms with Crippen molar-refractivity contribution < 1.29 is 10.1 Å². The molecule has 0 spiro atoms. The molecule has 2 heteroatoms. The summed E-state index contributed by atoms with van der Waals surface area (Å²) in [4.78, 5) is 0. The summed E-state index contributed by atoms with van der Waals surface area (Å²) in [6.45, 7) is 2.22. The van der Waals surface area contributed by atoms with Gasteiger partial charge in [-0.05, 0) is 38.5 Å². The standard InChI is InChI=1S/C11H21NO/c1-2-5-10(6-3-1)12-9-11-7-4-8-13-11/h10-12H,1-9H2/p+1/t11-/m1/s1. The van der Waals surface area contributed by atoms with Crippen LogP contribution >= 0.6 is 0 Å². The normalized spacial score (nSPS) is 30.9. The minimum absolute atomic E-state index is 0.571. The smallest absolute Gasteiger partial charge is 0.106 e. The molecule has 0 amide bonds. The van der Waals surface area contributed by atoms with Crippen molar-refractivity contribution in [3.8, 4) is 0 Å². The molecule has 0 radical (unpaired) electrons. The first-order valence-electron chi connectivity index (χ1n) is 5.90. The first kappa shape index (κ1) is 9.47. The van der Waals surface area contributed by atoms with Crippen LogP contribution in [-0.4, -0.2) is 25.3 Å². The third-order valence-corrected chi connectivity index (χ3v) is 3.41. The van der Waals surface area contributed by atoms with E-state index in [0.29, 0.717) is 6.10 Å². The summed E-state index contributed by atoms with van der Waals surface area (Å²) in [6, 6.07) is 0.915. The van der Waals surface area contributed by atoms with Crippen LogP contribution in [0.1, 0.15) is 44.9 Å². The van der Waals surface area contributed by atoms with Gasteiger partial charge >= 0.3 is 0 Å². The van der Waals surface area contributed by atoms with Gasteiger partial charge in [-0.1, -0.05) is 6.42 Å². The van der Waals surface area contributed by atoms with Crippen LogP contribution in [0.2, 0.25) is 0 Å². The summed E-state index contributed by atoms with van der Waals surface area (Å²) < 4.78 is 5.61. The Morgan fingerprint density at radius 1 is 1.00 bits per heavy atom. The fourth-order valence-corrected chi connectivity index (χ4v) is 2.54. The zero-order chi connectivity index (χ0) is 8.93. The van der Waals surface area contributed by atoms with E-state index in [9.17, 15) is 0 Å². The molecule has 2 nitrogen and oxygen atoms in total. The monoisotopic (exact) mass is 184 g/mol. The maximum atomic E-state index is 5.61. The zero-order valence-electron chi connectivity index (χ0n) is 8.50. The van der Waals surface area contributed by atoms with Crippen molar-refractivity contribution in [1.29, 1.82) is 0 Å². The molecule has 1 saturated heterocycles. The van der Waals surface area contributed by atoms with Gasteiger partial charge in [0.25, 0.3) is 0 Å². The average Bonchev–Trinajstić information content (AvgIpc) is 2.69. The van der Waals surface area contributed by atoms with Crippen molar-refractivity contribution in [2.45, 2.75) is 57.1 Å². The Balaban J connectivity index is 1.60. The lowest BCUT2D eigenvalue weighted by atomic mass is 9.95. The summed E-state index contributed by atoms with van der Waals surface area (Å²) in [5, 5.41) is 2.54. The first-order valence-corrected chi connectivity index (χ1v) is 5.90. The van der Waals surface area contributed by atoms with Gasteiger partial charge in [0.1, 0.15) is 12.6 Å². The van der Waals surface area contributed by atoms with E-state index in [-0.39, 0.29) is 0 Å². The molecule has 76 valence electrons. The van der Waals surface area contributed by atoms with Gasteiger partial charge in [0, 0.05) is 6.61 Å². The fraction of sp³-hybridized carbons (Fsp3) is 1.00. The van der Waals surface area contributed by atoms with Crippen LogP contribution in [0.4, 0.5) is 0 Å². The van der Waals surface area contributed by atoms with Crippen molar-refractivity contribution >= 4 is 0 Å². The van der Waals surface area contributed by atoms with Gasteiger partial charge in [-0.3, -0.25) is 0 Å². The van der Waals surface area contributed by atoms with Gasteiger partial charge in [0.05, 0.1) is 6.04 Å². The van der Waals surface area contributed by atoms with E-state index in [4.69, 9.17) is 4.74 Å². The quantitative estimate of drug-likeness (QED) is 0.697. The number of hydrogen-bond donors (Lipinski definition) is 1. The molecule has 0 unspecified atom stereocenters. The van der Waals surface area contributed by atoms with Gasteiger partial charge in [0.15, 0.2) is 0 Å². The molecule has 0 aromatic carbocycles. The number of ether oxygens (including phenoxy) is 1. The van der Waals surface area contributed by atoms with E-state index in [1.54, 1.807) is 0 Å².